The number of halogens is 1. The van der Waals surface area contributed by atoms with Gasteiger partial charge in [-0.2, -0.15) is 0 Å². The van der Waals surface area contributed by atoms with Crippen molar-refractivity contribution in [3.05, 3.63) is 34.3 Å². The number of rotatable bonds is 6. The predicted molar refractivity (Wildman–Crippen MR) is 75.5 cm³/mol. The van der Waals surface area contributed by atoms with Gasteiger partial charge < -0.3 is 0 Å². The van der Waals surface area contributed by atoms with Gasteiger partial charge in [0.25, 0.3) is 0 Å². The van der Waals surface area contributed by atoms with Gasteiger partial charge in [-0.1, -0.05) is 41.9 Å². The van der Waals surface area contributed by atoms with E-state index in [9.17, 15) is 4.79 Å². The van der Waals surface area contributed by atoms with Gasteiger partial charge in [-0.3, -0.25) is 9.69 Å². The molecule has 0 aromatic heterocycles. The Morgan fingerprint density at radius 1 is 1.24 bits per heavy atom. The van der Waals surface area contributed by atoms with Gasteiger partial charge in [0.2, 0.25) is 0 Å². The Hall–Kier alpha value is -0.670. The SMILES string of the molecule is CCC(CC)N(C)CC(=O)c1ccc(Br)cc1. The monoisotopic (exact) mass is 297 g/mol. The second-order valence-electron chi connectivity index (χ2n) is 4.32. The summed E-state index contributed by atoms with van der Waals surface area (Å²) in [5.41, 5.74) is 0.783. The van der Waals surface area contributed by atoms with Crippen molar-refractivity contribution in [1.29, 1.82) is 0 Å². The minimum atomic E-state index is 0.187. The lowest BCUT2D eigenvalue weighted by molar-refractivity contribution is 0.0915. The van der Waals surface area contributed by atoms with Gasteiger partial charge in [-0.25, -0.2) is 0 Å². The summed E-state index contributed by atoms with van der Waals surface area (Å²) in [6, 6.07) is 8.05. The molecule has 0 saturated carbocycles. The second-order valence-corrected chi connectivity index (χ2v) is 5.23. The summed E-state index contributed by atoms with van der Waals surface area (Å²) in [7, 11) is 2.02. The maximum Gasteiger partial charge on any atom is 0.176 e. The van der Waals surface area contributed by atoms with Crippen molar-refractivity contribution in [2.24, 2.45) is 0 Å². The minimum absolute atomic E-state index is 0.187. The van der Waals surface area contributed by atoms with Gasteiger partial charge in [-0.15, -0.1) is 0 Å². The highest BCUT2D eigenvalue weighted by molar-refractivity contribution is 9.10. The van der Waals surface area contributed by atoms with Gasteiger partial charge in [0, 0.05) is 16.1 Å². The van der Waals surface area contributed by atoms with E-state index in [0.29, 0.717) is 12.6 Å². The molecule has 2 nitrogen and oxygen atoms in total. The maximum atomic E-state index is 12.0. The molecule has 0 heterocycles. The summed E-state index contributed by atoms with van der Waals surface area (Å²) in [6.45, 7) is 4.82. The van der Waals surface area contributed by atoms with E-state index in [1.54, 1.807) is 0 Å². The summed E-state index contributed by atoms with van der Waals surface area (Å²) < 4.78 is 1.00. The van der Waals surface area contributed by atoms with E-state index in [0.717, 1.165) is 22.9 Å². The van der Waals surface area contributed by atoms with Crippen molar-refractivity contribution < 1.29 is 4.79 Å². The number of hydrogen-bond donors (Lipinski definition) is 0. The number of carbonyl (C=O) groups is 1. The molecule has 0 N–H and O–H groups in total. The Balaban J connectivity index is 2.62. The third-order valence-electron chi connectivity index (χ3n) is 3.13. The fourth-order valence-corrected chi connectivity index (χ4v) is 2.26. The fourth-order valence-electron chi connectivity index (χ4n) is 1.99. The first kappa shape index (κ1) is 14.4. The minimum Gasteiger partial charge on any atom is -0.296 e. The van der Waals surface area contributed by atoms with E-state index in [2.05, 4.69) is 34.7 Å². The second kappa shape index (κ2) is 6.92. The van der Waals surface area contributed by atoms with Crippen LogP contribution in [0.15, 0.2) is 28.7 Å². The highest BCUT2D eigenvalue weighted by Gasteiger charge is 2.14. The molecule has 1 aromatic rings. The molecule has 0 amide bonds. The summed E-state index contributed by atoms with van der Waals surface area (Å²) in [4.78, 5) is 14.2. The van der Waals surface area contributed by atoms with Crippen molar-refractivity contribution in [3.8, 4) is 0 Å². The van der Waals surface area contributed by atoms with Crippen LogP contribution in [0.4, 0.5) is 0 Å². The molecule has 1 rings (SSSR count). The normalized spacial score (nSPS) is 11.2. The van der Waals surface area contributed by atoms with Crippen LogP contribution in [0.1, 0.15) is 37.0 Å². The van der Waals surface area contributed by atoms with E-state index in [1.165, 1.54) is 0 Å². The third kappa shape index (κ3) is 4.25. The largest absolute Gasteiger partial charge is 0.296 e. The van der Waals surface area contributed by atoms with Crippen molar-refractivity contribution in [1.82, 2.24) is 4.90 Å². The maximum absolute atomic E-state index is 12.0. The van der Waals surface area contributed by atoms with Gasteiger partial charge >= 0.3 is 0 Å². The quantitative estimate of drug-likeness (QED) is 0.745. The Morgan fingerprint density at radius 2 is 1.76 bits per heavy atom. The molecule has 1 aromatic carbocycles. The average molecular weight is 298 g/mol. The number of nitrogens with zero attached hydrogens (tertiary/aromatic N) is 1. The first-order chi connectivity index (χ1) is 8.08. The summed E-state index contributed by atoms with van der Waals surface area (Å²) in [6.07, 6.45) is 2.17. The Morgan fingerprint density at radius 3 is 2.24 bits per heavy atom. The van der Waals surface area contributed by atoms with Crippen LogP contribution < -0.4 is 0 Å². The summed E-state index contributed by atoms with van der Waals surface area (Å²) in [5.74, 6) is 0.187. The van der Waals surface area contributed by atoms with Gasteiger partial charge in [-0.05, 0) is 32.0 Å². The number of likely N-dealkylation sites (N-methyl/N-ethyl adjacent to an activating group) is 1. The molecular weight excluding hydrogens is 278 g/mol. The van der Waals surface area contributed by atoms with E-state index in [4.69, 9.17) is 0 Å². The molecule has 0 fully saturated rings. The molecule has 3 heteroatoms. The summed E-state index contributed by atoms with van der Waals surface area (Å²) >= 11 is 3.37. The number of ketones is 1. The van der Waals surface area contributed by atoms with E-state index in [-0.39, 0.29) is 5.78 Å². The van der Waals surface area contributed by atoms with E-state index in [1.807, 2.05) is 31.3 Å². The van der Waals surface area contributed by atoms with Gasteiger partial charge in [0.05, 0.1) is 6.54 Å². The molecule has 0 aliphatic rings. The molecule has 0 aliphatic heterocycles. The lowest BCUT2D eigenvalue weighted by Crippen LogP contribution is -2.35. The molecule has 0 bridgehead atoms. The molecule has 0 aliphatic carbocycles. The van der Waals surface area contributed by atoms with Crippen molar-refractivity contribution >= 4 is 21.7 Å². The highest BCUT2D eigenvalue weighted by atomic mass is 79.9. The fraction of sp³-hybridized carbons (Fsp3) is 0.500. The van der Waals surface area contributed by atoms with Crippen molar-refractivity contribution in [3.63, 3.8) is 0 Å². The molecule has 0 radical (unpaired) electrons. The predicted octanol–water partition coefficient (Wildman–Crippen LogP) is 3.75. The lowest BCUT2D eigenvalue weighted by Gasteiger charge is -2.25. The van der Waals surface area contributed by atoms with Crippen molar-refractivity contribution in [2.45, 2.75) is 32.7 Å². The van der Waals surface area contributed by atoms with Gasteiger partial charge in [0.15, 0.2) is 5.78 Å². The molecular formula is C14H20BrNO. The smallest absolute Gasteiger partial charge is 0.176 e. The molecule has 0 saturated heterocycles. The number of hydrogen-bond acceptors (Lipinski definition) is 2. The van der Waals surface area contributed by atoms with E-state index < -0.39 is 0 Å². The van der Waals surface area contributed by atoms with Crippen LogP contribution in [0.25, 0.3) is 0 Å². The van der Waals surface area contributed by atoms with Crippen LogP contribution in [-0.4, -0.2) is 30.3 Å². The molecule has 0 atom stereocenters. The number of carbonyl (C=O) groups excluding carboxylic acids is 1. The Labute approximate surface area is 112 Å². The van der Waals surface area contributed by atoms with Crippen LogP contribution >= 0.6 is 15.9 Å². The topological polar surface area (TPSA) is 20.3 Å². The van der Waals surface area contributed by atoms with Crippen molar-refractivity contribution in [2.75, 3.05) is 13.6 Å². The lowest BCUT2D eigenvalue weighted by atomic mass is 10.1. The molecule has 17 heavy (non-hydrogen) atoms. The van der Waals surface area contributed by atoms with Gasteiger partial charge in [0.1, 0.15) is 0 Å². The average Bonchev–Trinajstić information content (AvgIpc) is 2.31. The first-order valence-electron chi connectivity index (χ1n) is 6.07. The van der Waals surface area contributed by atoms with Crippen LogP contribution in [0, 0.1) is 0 Å². The summed E-state index contributed by atoms with van der Waals surface area (Å²) in [5, 5.41) is 0. The zero-order valence-corrected chi connectivity index (χ0v) is 12.3. The zero-order chi connectivity index (χ0) is 12.8. The highest BCUT2D eigenvalue weighted by Crippen LogP contribution is 2.12. The third-order valence-corrected chi connectivity index (χ3v) is 3.65. The number of benzene rings is 1. The Bertz CT molecular complexity index is 357. The van der Waals surface area contributed by atoms with Crippen LogP contribution in [0.2, 0.25) is 0 Å². The van der Waals surface area contributed by atoms with Crippen LogP contribution in [0.5, 0.6) is 0 Å². The zero-order valence-electron chi connectivity index (χ0n) is 10.7. The molecule has 0 spiro atoms. The standard InChI is InChI=1S/C14H20BrNO/c1-4-13(5-2)16(3)10-14(17)11-6-8-12(15)9-7-11/h6-9,13H,4-5,10H2,1-3H3. The molecule has 0 unspecified atom stereocenters. The Kier molecular flexibility index (Phi) is 5.86. The number of Topliss-reactive ketones (excluding diaryl/α,β-unsaturated/α-hetero) is 1. The van der Waals surface area contributed by atoms with Crippen LogP contribution in [-0.2, 0) is 0 Å². The van der Waals surface area contributed by atoms with Crippen LogP contribution in [0.3, 0.4) is 0 Å². The molecule has 94 valence electrons. The van der Waals surface area contributed by atoms with E-state index >= 15 is 0 Å². The first-order valence-corrected chi connectivity index (χ1v) is 6.86.